The zero-order valence-corrected chi connectivity index (χ0v) is 13.9. The Hall–Kier alpha value is -3.00. The van der Waals surface area contributed by atoms with Gasteiger partial charge < -0.3 is 5.11 Å². The summed E-state index contributed by atoms with van der Waals surface area (Å²) in [7, 11) is -3.35. The molecule has 1 aromatic heterocycles. The number of hydrogen-bond donors (Lipinski definition) is 1. The Morgan fingerprint density at radius 3 is 2.20 bits per heavy atom. The summed E-state index contributed by atoms with van der Waals surface area (Å²) in [5.41, 5.74) is 1.11. The van der Waals surface area contributed by atoms with Crippen LogP contribution in [0.4, 0.5) is 4.39 Å². The first-order valence-corrected chi connectivity index (χ1v) is 9.04. The van der Waals surface area contributed by atoms with E-state index in [1.807, 2.05) is 0 Å². The second kappa shape index (κ2) is 6.14. The molecule has 0 spiro atoms. The molecule has 0 unspecified atom stereocenters. The number of rotatable bonds is 4. The molecular formula is C17H13FN2O4S. The molecule has 6 nitrogen and oxygen atoms in total. The van der Waals surface area contributed by atoms with Crippen LogP contribution >= 0.6 is 0 Å². The van der Waals surface area contributed by atoms with E-state index < -0.39 is 21.6 Å². The topological polar surface area (TPSA) is 89.3 Å². The van der Waals surface area contributed by atoms with Gasteiger partial charge in [-0.2, -0.15) is 5.10 Å². The predicted molar refractivity (Wildman–Crippen MR) is 89.0 cm³/mol. The van der Waals surface area contributed by atoms with E-state index in [0.29, 0.717) is 11.3 Å². The molecule has 0 atom stereocenters. The zero-order valence-electron chi connectivity index (χ0n) is 13.0. The van der Waals surface area contributed by atoms with Crippen LogP contribution in [0, 0.1) is 5.82 Å². The van der Waals surface area contributed by atoms with E-state index in [4.69, 9.17) is 0 Å². The third kappa shape index (κ3) is 3.43. The predicted octanol–water partition coefficient (Wildman–Crippen LogP) is 2.78. The van der Waals surface area contributed by atoms with Crippen LogP contribution in [0.25, 0.3) is 16.9 Å². The SMILES string of the molecule is CS(=O)(=O)c1ccc(-c2nn(-c3ccc(F)cc3)cc2C(=O)O)cc1. The molecule has 8 heteroatoms. The largest absolute Gasteiger partial charge is 0.478 e. The van der Waals surface area contributed by atoms with Crippen LogP contribution in [-0.2, 0) is 9.84 Å². The quantitative estimate of drug-likeness (QED) is 0.773. The fraction of sp³-hybridized carbons (Fsp3) is 0.0588. The molecule has 0 saturated heterocycles. The zero-order chi connectivity index (χ0) is 18.2. The van der Waals surface area contributed by atoms with Crippen LogP contribution in [0.3, 0.4) is 0 Å². The molecular weight excluding hydrogens is 347 g/mol. The van der Waals surface area contributed by atoms with Crippen LogP contribution in [0.5, 0.6) is 0 Å². The average molecular weight is 360 g/mol. The minimum absolute atomic E-state index is 0.0450. The standard InChI is InChI=1S/C17H13FN2O4S/c1-25(23,24)14-8-2-11(3-9-14)16-15(17(21)22)10-20(19-16)13-6-4-12(18)5-7-13/h2-10H,1H3,(H,21,22). The third-order valence-electron chi connectivity index (χ3n) is 3.59. The summed E-state index contributed by atoms with van der Waals surface area (Å²) in [5, 5.41) is 13.7. The number of hydrogen-bond acceptors (Lipinski definition) is 4. The van der Waals surface area contributed by atoms with Crippen molar-refractivity contribution in [2.24, 2.45) is 0 Å². The van der Waals surface area contributed by atoms with Gasteiger partial charge in [0.05, 0.1) is 10.6 Å². The number of carboxylic acid groups (broad SMARTS) is 1. The Morgan fingerprint density at radius 2 is 1.68 bits per heavy atom. The number of aromatic carboxylic acids is 1. The summed E-state index contributed by atoms with van der Waals surface area (Å²) in [6.07, 6.45) is 2.42. The highest BCUT2D eigenvalue weighted by atomic mass is 32.2. The van der Waals surface area contributed by atoms with Crippen molar-refractivity contribution < 1.29 is 22.7 Å². The van der Waals surface area contributed by atoms with Crippen molar-refractivity contribution in [3.8, 4) is 16.9 Å². The Kier molecular flexibility index (Phi) is 4.13. The lowest BCUT2D eigenvalue weighted by molar-refractivity contribution is 0.0697. The Labute approximate surface area is 143 Å². The molecule has 0 radical (unpaired) electrons. The van der Waals surface area contributed by atoms with Gasteiger partial charge in [0, 0.05) is 18.0 Å². The van der Waals surface area contributed by atoms with Gasteiger partial charge in [0.25, 0.3) is 0 Å². The van der Waals surface area contributed by atoms with E-state index in [0.717, 1.165) is 6.26 Å². The molecule has 3 aromatic rings. The average Bonchev–Trinajstić information content (AvgIpc) is 3.00. The van der Waals surface area contributed by atoms with Crippen LogP contribution in [0.15, 0.2) is 59.6 Å². The van der Waals surface area contributed by atoms with Gasteiger partial charge in [-0.05, 0) is 36.4 Å². The maximum Gasteiger partial charge on any atom is 0.339 e. The van der Waals surface area contributed by atoms with Crippen LogP contribution < -0.4 is 0 Å². The maximum atomic E-state index is 13.0. The van der Waals surface area contributed by atoms with Gasteiger partial charge in [-0.3, -0.25) is 0 Å². The van der Waals surface area contributed by atoms with Crippen LogP contribution in [0.2, 0.25) is 0 Å². The van der Waals surface area contributed by atoms with Gasteiger partial charge in [-0.15, -0.1) is 0 Å². The second-order valence-corrected chi connectivity index (χ2v) is 7.43. The smallest absolute Gasteiger partial charge is 0.339 e. The Bertz CT molecular complexity index is 1040. The van der Waals surface area contributed by atoms with Gasteiger partial charge >= 0.3 is 5.97 Å². The number of nitrogens with zero attached hydrogens (tertiary/aromatic N) is 2. The van der Waals surface area contributed by atoms with Crippen molar-refractivity contribution in [3.63, 3.8) is 0 Å². The summed E-state index contributed by atoms with van der Waals surface area (Å²) >= 11 is 0. The monoisotopic (exact) mass is 360 g/mol. The highest BCUT2D eigenvalue weighted by Gasteiger charge is 2.18. The molecule has 0 fully saturated rings. The number of sulfone groups is 1. The molecule has 25 heavy (non-hydrogen) atoms. The number of carbonyl (C=O) groups is 1. The second-order valence-electron chi connectivity index (χ2n) is 5.41. The highest BCUT2D eigenvalue weighted by Crippen LogP contribution is 2.25. The van der Waals surface area contributed by atoms with E-state index in [1.165, 1.54) is 59.4 Å². The summed E-state index contributed by atoms with van der Waals surface area (Å²) in [5.74, 6) is -1.58. The van der Waals surface area contributed by atoms with Crippen molar-refractivity contribution in [2.45, 2.75) is 4.90 Å². The number of aromatic nitrogens is 2. The van der Waals surface area contributed by atoms with Gasteiger partial charge in [0.1, 0.15) is 17.1 Å². The first-order valence-electron chi connectivity index (χ1n) is 7.15. The van der Waals surface area contributed by atoms with Crippen LogP contribution in [-0.4, -0.2) is 35.5 Å². The molecule has 0 aliphatic carbocycles. The molecule has 0 aliphatic heterocycles. The van der Waals surface area contributed by atoms with Crippen molar-refractivity contribution >= 4 is 15.8 Å². The molecule has 2 aromatic carbocycles. The fourth-order valence-electron chi connectivity index (χ4n) is 2.33. The van der Waals surface area contributed by atoms with Gasteiger partial charge in [0.15, 0.2) is 9.84 Å². The van der Waals surface area contributed by atoms with Gasteiger partial charge in [-0.25, -0.2) is 22.3 Å². The summed E-state index contributed by atoms with van der Waals surface area (Å²) in [4.78, 5) is 11.6. The van der Waals surface area contributed by atoms with Crippen molar-refractivity contribution in [1.29, 1.82) is 0 Å². The van der Waals surface area contributed by atoms with Crippen LogP contribution in [0.1, 0.15) is 10.4 Å². The normalized spacial score (nSPS) is 11.4. The molecule has 0 amide bonds. The molecule has 0 saturated carbocycles. The van der Waals surface area contributed by atoms with Gasteiger partial charge in [-0.1, -0.05) is 12.1 Å². The third-order valence-corrected chi connectivity index (χ3v) is 4.72. The summed E-state index contributed by atoms with van der Waals surface area (Å²) < 4.78 is 37.4. The molecule has 1 heterocycles. The molecule has 3 rings (SSSR count). The van der Waals surface area contributed by atoms with E-state index in [-0.39, 0.29) is 16.2 Å². The van der Waals surface area contributed by atoms with E-state index >= 15 is 0 Å². The number of carboxylic acids is 1. The molecule has 0 bridgehead atoms. The molecule has 128 valence electrons. The van der Waals surface area contributed by atoms with E-state index in [9.17, 15) is 22.7 Å². The van der Waals surface area contributed by atoms with Crippen molar-refractivity contribution in [1.82, 2.24) is 9.78 Å². The maximum absolute atomic E-state index is 13.0. The molecule has 0 aliphatic rings. The highest BCUT2D eigenvalue weighted by molar-refractivity contribution is 7.90. The lowest BCUT2D eigenvalue weighted by atomic mass is 10.1. The first kappa shape index (κ1) is 16.8. The lowest BCUT2D eigenvalue weighted by Gasteiger charge is -2.02. The lowest BCUT2D eigenvalue weighted by Crippen LogP contribution is -1.98. The summed E-state index contributed by atoms with van der Waals surface area (Å²) in [6.45, 7) is 0. The van der Waals surface area contributed by atoms with E-state index in [2.05, 4.69) is 5.10 Å². The number of benzene rings is 2. The molecule has 1 N–H and O–H groups in total. The minimum Gasteiger partial charge on any atom is -0.478 e. The Morgan fingerprint density at radius 1 is 1.08 bits per heavy atom. The fourth-order valence-corrected chi connectivity index (χ4v) is 2.96. The number of halogens is 1. The Balaban J connectivity index is 2.09. The summed E-state index contributed by atoms with van der Waals surface area (Å²) in [6, 6.07) is 11.2. The van der Waals surface area contributed by atoms with Gasteiger partial charge in [0.2, 0.25) is 0 Å². The minimum atomic E-state index is -3.35. The van der Waals surface area contributed by atoms with Crippen molar-refractivity contribution in [2.75, 3.05) is 6.26 Å². The van der Waals surface area contributed by atoms with Crippen molar-refractivity contribution in [3.05, 3.63) is 66.1 Å². The van der Waals surface area contributed by atoms with E-state index in [1.54, 1.807) is 0 Å². The first-order chi connectivity index (χ1) is 11.8.